The van der Waals surface area contributed by atoms with Crippen LogP contribution in [0.4, 0.5) is 0 Å². The third kappa shape index (κ3) is 3.90. The van der Waals surface area contributed by atoms with E-state index in [0.29, 0.717) is 13.2 Å². The van der Waals surface area contributed by atoms with Crippen LogP contribution < -0.4 is 5.46 Å². The lowest BCUT2D eigenvalue weighted by Crippen LogP contribution is -2.37. The zero-order valence-electron chi connectivity index (χ0n) is 9.53. The Morgan fingerprint density at radius 1 is 1.20 bits per heavy atom. The summed E-state index contributed by atoms with van der Waals surface area (Å²) in [6, 6.07) is 8.27. The SMILES string of the molecule is CCOB(OCC)c1cccc(SC)c1. The minimum atomic E-state index is -0.230. The summed E-state index contributed by atoms with van der Waals surface area (Å²) in [5.41, 5.74) is 1.09. The average Bonchev–Trinajstić information content (AvgIpc) is 2.29. The molecule has 0 fully saturated rings. The fourth-order valence-electron chi connectivity index (χ4n) is 1.33. The smallest absolute Gasteiger partial charge is 0.408 e. The normalized spacial score (nSPS) is 10.3. The zero-order chi connectivity index (χ0) is 11.1. The van der Waals surface area contributed by atoms with Gasteiger partial charge >= 0.3 is 7.12 Å². The van der Waals surface area contributed by atoms with Gasteiger partial charge in [0.1, 0.15) is 0 Å². The van der Waals surface area contributed by atoms with E-state index in [1.165, 1.54) is 4.90 Å². The van der Waals surface area contributed by atoms with Crippen LogP contribution >= 0.6 is 11.8 Å². The molecule has 15 heavy (non-hydrogen) atoms. The van der Waals surface area contributed by atoms with Crippen molar-refractivity contribution in [3.8, 4) is 0 Å². The van der Waals surface area contributed by atoms with Crippen molar-refractivity contribution in [1.82, 2.24) is 0 Å². The molecule has 0 unspecified atom stereocenters. The lowest BCUT2D eigenvalue weighted by Gasteiger charge is -2.13. The molecule has 0 N–H and O–H groups in total. The van der Waals surface area contributed by atoms with E-state index in [4.69, 9.17) is 9.31 Å². The van der Waals surface area contributed by atoms with Gasteiger partial charge in [-0.05, 0) is 37.7 Å². The van der Waals surface area contributed by atoms with Crippen molar-refractivity contribution in [2.75, 3.05) is 19.5 Å². The van der Waals surface area contributed by atoms with Crippen LogP contribution in [0.25, 0.3) is 0 Å². The van der Waals surface area contributed by atoms with Crippen LogP contribution in [0.2, 0.25) is 0 Å². The molecule has 0 saturated carbocycles. The van der Waals surface area contributed by atoms with Gasteiger partial charge in [0.15, 0.2) is 0 Å². The Balaban J connectivity index is 2.79. The average molecular weight is 224 g/mol. The molecule has 0 saturated heterocycles. The molecule has 0 radical (unpaired) electrons. The Labute approximate surface area is 96.5 Å². The first-order valence-electron chi connectivity index (χ1n) is 5.19. The summed E-state index contributed by atoms with van der Waals surface area (Å²) in [6.45, 7) is 5.28. The second-order valence-electron chi connectivity index (χ2n) is 3.02. The van der Waals surface area contributed by atoms with Crippen molar-refractivity contribution in [3.05, 3.63) is 24.3 Å². The van der Waals surface area contributed by atoms with E-state index in [2.05, 4.69) is 18.4 Å². The van der Waals surface area contributed by atoms with Gasteiger partial charge in [-0.3, -0.25) is 0 Å². The Morgan fingerprint density at radius 2 is 1.87 bits per heavy atom. The van der Waals surface area contributed by atoms with E-state index in [0.717, 1.165) is 5.46 Å². The molecule has 0 aliphatic rings. The van der Waals surface area contributed by atoms with Gasteiger partial charge in [0.25, 0.3) is 0 Å². The summed E-state index contributed by atoms with van der Waals surface area (Å²) < 4.78 is 11.1. The predicted molar refractivity (Wildman–Crippen MR) is 66.9 cm³/mol. The van der Waals surface area contributed by atoms with Crippen LogP contribution in [0.1, 0.15) is 13.8 Å². The zero-order valence-corrected chi connectivity index (χ0v) is 10.3. The maximum absolute atomic E-state index is 5.54. The lowest BCUT2D eigenvalue weighted by atomic mass is 9.79. The molecule has 0 heterocycles. The Morgan fingerprint density at radius 3 is 2.40 bits per heavy atom. The van der Waals surface area contributed by atoms with E-state index in [1.54, 1.807) is 11.8 Å². The maximum Gasteiger partial charge on any atom is 0.493 e. The van der Waals surface area contributed by atoms with E-state index in [1.807, 2.05) is 26.0 Å². The molecule has 0 bridgehead atoms. The number of thioether (sulfide) groups is 1. The van der Waals surface area contributed by atoms with E-state index in [9.17, 15) is 0 Å². The van der Waals surface area contributed by atoms with Crippen LogP contribution in [0, 0.1) is 0 Å². The van der Waals surface area contributed by atoms with Crippen LogP contribution in [-0.4, -0.2) is 26.6 Å². The molecule has 0 aliphatic carbocycles. The van der Waals surface area contributed by atoms with Gasteiger partial charge in [0.05, 0.1) is 0 Å². The van der Waals surface area contributed by atoms with Crippen molar-refractivity contribution in [1.29, 1.82) is 0 Å². The first kappa shape index (κ1) is 12.6. The van der Waals surface area contributed by atoms with Gasteiger partial charge < -0.3 is 9.31 Å². The first-order valence-corrected chi connectivity index (χ1v) is 6.41. The van der Waals surface area contributed by atoms with Gasteiger partial charge in [-0.15, -0.1) is 11.8 Å². The molecule has 1 aromatic carbocycles. The molecule has 0 atom stereocenters. The third-order valence-electron chi connectivity index (χ3n) is 2.00. The van der Waals surface area contributed by atoms with Crippen LogP contribution in [-0.2, 0) is 9.31 Å². The van der Waals surface area contributed by atoms with Crippen LogP contribution in [0.3, 0.4) is 0 Å². The number of rotatable bonds is 6. The molecule has 0 aromatic heterocycles. The molecular weight excluding hydrogens is 207 g/mol. The molecule has 1 rings (SSSR count). The third-order valence-corrected chi connectivity index (χ3v) is 2.73. The number of hydrogen-bond donors (Lipinski definition) is 0. The van der Waals surface area contributed by atoms with Crippen molar-refractivity contribution >= 4 is 24.3 Å². The summed E-state index contributed by atoms with van der Waals surface area (Å²) in [7, 11) is -0.230. The summed E-state index contributed by atoms with van der Waals surface area (Å²) in [5, 5.41) is 0. The summed E-state index contributed by atoms with van der Waals surface area (Å²) >= 11 is 1.73. The standard InChI is InChI=1S/C11H17BO2S/c1-4-13-12(14-5-2)10-7-6-8-11(9-10)15-3/h6-9H,4-5H2,1-3H3. The van der Waals surface area contributed by atoms with Gasteiger partial charge in [0.2, 0.25) is 0 Å². The highest BCUT2D eigenvalue weighted by Gasteiger charge is 2.19. The maximum atomic E-state index is 5.54. The van der Waals surface area contributed by atoms with Crippen LogP contribution in [0.5, 0.6) is 0 Å². The number of hydrogen-bond acceptors (Lipinski definition) is 3. The molecule has 0 spiro atoms. The van der Waals surface area contributed by atoms with Crippen molar-refractivity contribution < 1.29 is 9.31 Å². The topological polar surface area (TPSA) is 18.5 Å². The fourth-order valence-corrected chi connectivity index (χ4v) is 1.80. The Bertz CT molecular complexity index is 288. The van der Waals surface area contributed by atoms with Gasteiger partial charge in [-0.25, -0.2) is 0 Å². The molecule has 1 aromatic rings. The highest BCUT2D eigenvalue weighted by molar-refractivity contribution is 7.98. The fraction of sp³-hybridized carbons (Fsp3) is 0.455. The summed E-state index contributed by atoms with van der Waals surface area (Å²) in [4.78, 5) is 1.23. The minimum absolute atomic E-state index is 0.230. The minimum Gasteiger partial charge on any atom is -0.408 e. The second-order valence-corrected chi connectivity index (χ2v) is 3.90. The Hall–Kier alpha value is -0.445. The second kappa shape index (κ2) is 6.93. The monoisotopic (exact) mass is 224 g/mol. The van der Waals surface area contributed by atoms with Crippen LogP contribution in [0.15, 0.2) is 29.2 Å². The summed E-state index contributed by atoms with van der Waals surface area (Å²) in [5.74, 6) is 0. The quantitative estimate of drug-likeness (QED) is 0.545. The van der Waals surface area contributed by atoms with Gasteiger partial charge in [-0.1, -0.05) is 12.1 Å². The molecule has 82 valence electrons. The largest absolute Gasteiger partial charge is 0.493 e. The molecule has 4 heteroatoms. The highest BCUT2D eigenvalue weighted by atomic mass is 32.2. The van der Waals surface area contributed by atoms with Crippen molar-refractivity contribution in [2.24, 2.45) is 0 Å². The van der Waals surface area contributed by atoms with Crippen molar-refractivity contribution in [2.45, 2.75) is 18.7 Å². The van der Waals surface area contributed by atoms with E-state index >= 15 is 0 Å². The van der Waals surface area contributed by atoms with Crippen molar-refractivity contribution in [3.63, 3.8) is 0 Å². The van der Waals surface area contributed by atoms with E-state index < -0.39 is 0 Å². The molecular formula is C11H17BO2S. The van der Waals surface area contributed by atoms with Gasteiger partial charge in [-0.2, -0.15) is 0 Å². The lowest BCUT2D eigenvalue weighted by molar-refractivity contribution is 0.225. The van der Waals surface area contributed by atoms with Gasteiger partial charge in [0, 0.05) is 18.1 Å². The molecule has 0 amide bonds. The number of benzene rings is 1. The van der Waals surface area contributed by atoms with E-state index in [-0.39, 0.29) is 7.12 Å². The highest BCUT2D eigenvalue weighted by Crippen LogP contribution is 2.12. The Kier molecular flexibility index (Phi) is 5.83. The first-order chi connectivity index (χ1) is 7.31. The summed E-state index contributed by atoms with van der Waals surface area (Å²) in [6.07, 6.45) is 2.06. The predicted octanol–water partition coefficient (Wildman–Crippen LogP) is 2.18. The molecule has 2 nitrogen and oxygen atoms in total. The molecule has 0 aliphatic heterocycles.